The molecular formula is C18H20N2O4. The van der Waals surface area contributed by atoms with E-state index in [4.69, 9.17) is 13.9 Å². The topological polar surface area (TPSA) is 64.8 Å². The van der Waals surface area contributed by atoms with Crippen LogP contribution in [0.1, 0.15) is 23.4 Å². The number of benzene rings is 1. The summed E-state index contributed by atoms with van der Waals surface area (Å²) in [5.74, 6) is 0.854. The highest BCUT2D eigenvalue weighted by molar-refractivity contribution is 5.91. The predicted molar refractivity (Wildman–Crippen MR) is 86.3 cm³/mol. The van der Waals surface area contributed by atoms with Gasteiger partial charge in [0, 0.05) is 24.6 Å². The van der Waals surface area contributed by atoms with Crippen molar-refractivity contribution in [3.05, 3.63) is 42.3 Å². The van der Waals surface area contributed by atoms with E-state index in [2.05, 4.69) is 4.98 Å². The number of hydrogen-bond donors (Lipinski definition) is 0. The first-order valence-electron chi connectivity index (χ1n) is 8.35. The molecule has 2 aliphatic rings. The van der Waals surface area contributed by atoms with E-state index >= 15 is 0 Å². The van der Waals surface area contributed by atoms with Crippen molar-refractivity contribution in [2.24, 2.45) is 5.92 Å². The van der Waals surface area contributed by atoms with Gasteiger partial charge in [-0.2, -0.15) is 0 Å². The normalized spacial score (nSPS) is 22.0. The first-order valence-corrected chi connectivity index (χ1v) is 8.35. The van der Waals surface area contributed by atoms with Gasteiger partial charge in [-0.25, -0.2) is 4.98 Å². The number of ether oxygens (including phenoxy) is 2. The maximum atomic E-state index is 12.7. The minimum atomic E-state index is -0.185. The lowest BCUT2D eigenvalue weighted by molar-refractivity contribution is -0.0970. The smallest absolute Gasteiger partial charge is 0.291 e. The van der Waals surface area contributed by atoms with Gasteiger partial charge in [0.05, 0.1) is 19.4 Å². The van der Waals surface area contributed by atoms with Crippen LogP contribution in [0.5, 0.6) is 0 Å². The van der Waals surface area contributed by atoms with Crippen molar-refractivity contribution >= 4 is 5.91 Å². The summed E-state index contributed by atoms with van der Waals surface area (Å²) in [5.41, 5.74) is 0.862. The molecular weight excluding hydrogens is 308 g/mol. The van der Waals surface area contributed by atoms with Crippen LogP contribution in [0.4, 0.5) is 0 Å². The van der Waals surface area contributed by atoms with Crippen LogP contribution >= 0.6 is 0 Å². The molecule has 0 saturated carbocycles. The fraction of sp³-hybridized carbons (Fsp3) is 0.444. The molecule has 0 radical (unpaired) electrons. The predicted octanol–water partition coefficient (Wildman–Crippen LogP) is 2.57. The third kappa shape index (κ3) is 3.07. The van der Waals surface area contributed by atoms with Crippen molar-refractivity contribution in [3.8, 4) is 11.5 Å². The number of aromatic nitrogens is 1. The maximum Gasteiger partial charge on any atom is 0.291 e. The molecule has 4 rings (SSSR count). The third-order valence-electron chi connectivity index (χ3n) is 4.51. The lowest BCUT2D eigenvalue weighted by atomic mass is 9.97. The van der Waals surface area contributed by atoms with Gasteiger partial charge in [0.15, 0.2) is 6.29 Å². The van der Waals surface area contributed by atoms with E-state index in [1.807, 2.05) is 35.2 Å². The van der Waals surface area contributed by atoms with E-state index in [1.165, 1.54) is 6.20 Å². The van der Waals surface area contributed by atoms with E-state index in [-0.39, 0.29) is 23.9 Å². The molecule has 0 spiro atoms. The molecule has 6 nitrogen and oxygen atoms in total. The summed E-state index contributed by atoms with van der Waals surface area (Å²) < 4.78 is 16.9. The Kier molecular flexibility index (Phi) is 4.32. The Morgan fingerprint density at radius 1 is 1.17 bits per heavy atom. The van der Waals surface area contributed by atoms with Crippen molar-refractivity contribution < 1.29 is 18.7 Å². The molecule has 24 heavy (non-hydrogen) atoms. The Morgan fingerprint density at radius 2 is 1.96 bits per heavy atom. The number of carbonyl (C=O) groups excluding carboxylic acids is 1. The zero-order valence-corrected chi connectivity index (χ0v) is 13.4. The van der Waals surface area contributed by atoms with Gasteiger partial charge in [-0.15, -0.1) is 0 Å². The molecule has 0 bridgehead atoms. The van der Waals surface area contributed by atoms with Gasteiger partial charge in [-0.1, -0.05) is 18.2 Å². The summed E-state index contributed by atoms with van der Waals surface area (Å²) in [7, 11) is 0. The number of rotatable bonds is 3. The molecule has 1 atom stereocenters. The summed E-state index contributed by atoms with van der Waals surface area (Å²) in [5, 5.41) is 0. The van der Waals surface area contributed by atoms with Gasteiger partial charge in [0.25, 0.3) is 5.91 Å². The van der Waals surface area contributed by atoms with E-state index in [1.54, 1.807) is 0 Å². The summed E-state index contributed by atoms with van der Waals surface area (Å²) in [6.07, 6.45) is 3.28. The van der Waals surface area contributed by atoms with Gasteiger partial charge in [0.2, 0.25) is 11.7 Å². The zero-order chi connectivity index (χ0) is 16.4. The summed E-state index contributed by atoms with van der Waals surface area (Å²) in [6.45, 7) is 2.63. The van der Waals surface area contributed by atoms with Crippen molar-refractivity contribution in [2.75, 3.05) is 26.3 Å². The second-order valence-corrected chi connectivity index (χ2v) is 6.16. The molecule has 2 fully saturated rings. The van der Waals surface area contributed by atoms with Crippen molar-refractivity contribution in [1.82, 2.24) is 9.88 Å². The van der Waals surface area contributed by atoms with Gasteiger partial charge in [-0.3, -0.25) is 4.79 Å². The van der Waals surface area contributed by atoms with E-state index in [0.29, 0.717) is 25.6 Å². The first-order chi connectivity index (χ1) is 11.8. The molecule has 1 unspecified atom stereocenters. The molecule has 2 aliphatic heterocycles. The molecule has 0 aliphatic carbocycles. The molecule has 0 N–H and O–H groups in total. The average molecular weight is 328 g/mol. The number of carbonyl (C=O) groups is 1. The lowest BCUT2D eigenvalue weighted by Crippen LogP contribution is -2.43. The number of hydrogen-bond acceptors (Lipinski definition) is 5. The largest absolute Gasteiger partial charge is 0.431 e. The standard InChI is InChI=1S/C18H20N2O4/c21-17(15-11-19-16(24-15)13-5-2-1-3-6-13)20-8-4-7-14(12-20)18-22-9-10-23-18/h1-3,5-6,11,14,18H,4,7-10,12H2. The fourth-order valence-corrected chi connectivity index (χ4v) is 3.31. The van der Waals surface area contributed by atoms with Gasteiger partial charge in [0.1, 0.15) is 0 Å². The van der Waals surface area contributed by atoms with E-state index in [9.17, 15) is 4.79 Å². The Bertz CT molecular complexity index is 694. The number of likely N-dealkylation sites (tertiary alicyclic amines) is 1. The second kappa shape index (κ2) is 6.75. The number of piperidine rings is 1. The van der Waals surface area contributed by atoms with E-state index in [0.717, 1.165) is 24.9 Å². The maximum absolute atomic E-state index is 12.7. The van der Waals surface area contributed by atoms with Crippen LogP contribution in [-0.2, 0) is 9.47 Å². The van der Waals surface area contributed by atoms with Crippen molar-refractivity contribution in [3.63, 3.8) is 0 Å². The van der Waals surface area contributed by atoms with Crippen LogP contribution in [0.15, 0.2) is 40.9 Å². The molecule has 126 valence electrons. The summed E-state index contributed by atoms with van der Waals surface area (Å²) in [6, 6.07) is 9.58. The molecule has 2 aromatic rings. The van der Waals surface area contributed by atoms with Gasteiger partial charge < -0.3 is 18.8 Å². The van der Waals surface area contributed by atoms with Crippen LogP contribution in [0.25, 0.3) is 11.5 Å². The quantitative estimate of drug-likeness (QED) is 0.866. The number of amides is 1. The second-order valence-electron chi connectivity index (χ2n) is 6.16. The van der Waals surface area contributed by atoms with Crippen LogP contribution < -0.4 is 0 Å². The summed E-state index contributed by atoms with van der Waals surface area (Å²) in [4.78, 5) is 18.8. The van der Waals surface area contributed by atoms with Crippen LogP contribution in [-0.4, -0.2) is 48.4 Å². The SMILES string of the molecule is O=C(c1cnc(-c2ccccc2)o1)N1CCCC(C2OCCO2)C1. The Balaban J connectivity index is 1.46. The fourth-order valence-electron chi connectivity index (χ4n) is 3.31. The highest BCUT2D eigenvalue weighted by Crippen LogP contribution is 2.26. The molecule has 3 heterocycles. The monoisotopic (exact) mass is 328 g/mol. The molecule has 1 aromatic heterocycles. The van der Waals surface area contributed by atoms with E-state index < -0.39 is 0 Å². The van der Waals surface area contributed by atoms with Crippen molar-refractivity contribution in [1.29, 1.82) is 0 Å². The number of nitrogens with zero attached hydrogens (tertiary/aromatic N) is 2. The van der Waals surface area contributed by atoms with Crippen molar-refractivity contribution in [2.45, 2.75) is 19.1 Å². The zero-order valence-electron chi connectivity index (χ0n) is 13.4. The third-order valence-corrected chi connectivity index (χ3v) is 4.51. The van der Waals surface area contributed by atoms with Crippen LogP contribution in [0.3, 0.4) is 0 Å². The summed E-state index contributed by atoms with van der Waals surface area (Å²) >= 11 is 0. The highest BCUT2D eigenvalue weighted by Gasteiger charge is 2.33. The molecule has 1 amide bonds. The Morgan fingerprint density at radius 3 is 2.75 bits per heavy atom. The minimum Gasteiger partial charge on any atom is -0.431 e. The molecule has 1 aromatic carbocycles. The molecule has 6 heteroatoms. The highest BCUT2D eigenvalue weighted by atomic mass is 16.7. The molecule has 2 saturated heterocycles. The minimum absolute atomic E-state index is 0.118. The van der Waals surface area contributed by atoms with Gasteiger partial charge in [-0.05, 0) is 25.0 Å². The van der Waals surface area contributed by atoms with Crippen LogP contribution in [0, 0.1) is 5.92 Å². The number of oxazole rings is 1. The Labute approximate surface area is 140 Å². The average Bonchev–Trinajstić information content (AvgIpc) is 3.34. The lowest BCUT2D eigenvalue weighted by Gasteiger charge is -2.34. The van der Waals surface area contributed by atoms with Gasteiger partial charge >= 0.3 is 0 Å². The first kappa shape index (κ1) is 15.4. The van der Waals surface area contributed by atoms with Crippen LogP contribution in [0.2, 0.25) is 0 Å². The Hall–Kier alpha value is -2.18.